The summed E-state index contributed by atoms with van der Waals surface area (Å²) in [6.07, 6.45) is -3.13. The maximum atomic E-state index is 13.8. The number of hydrogen-bond acceptors (Lipinski definition) is 7. The normalized spacial score (nSPS) is 24.9. The molecule has 0 aromatic heterocycles. The molecule has 0 spiro atoms. The van der Waals surface area contributed by atoms with Crippen LogP contribution >= 0.6 is 0 Å². The second-order valence-corrected chi connectivity index (χ2v) is 13.0. The van der Waals surface area contributed by atoms with Gasteiger partial charge in [0, 0.05) is 0 Å². The standard InChI is InChI=1S/C35H35NO7S/c37-35-34(44(38,39)28-19-11-4-12-20-28)33-30(36-35)32(42-23-27-17-9-3-10-18-27)31(41-22-26-15-7-2-8-16-26)29(43-33)24-40-21-25-13-5-1-6-14-25/h1-20,29-34H,21-24H2,(H,36,37)/t29-,30-,31+,32-,33-,34?/m1/s1. The van der Waals surface area contributed by atoms with Crippen LogP contribution in [0.3, 0.4) is 0 Å². The van der Waals surface area contributed by atoms with Crippen LogP contribution in [0.2, 0.25) is 0 Å². The van der Waals surface area contributed by atoms with Gasteiger partial charge in [-0.15, -0.1) is 0 Å². The van der Waals surface area contributed by atoms with Crippen molar-refractivity contribution in [1.29, 1.82) is 0 Å². The molecule has 2 aliphatic heterocycles. The minimum absolute atomic E-state index is 0.0606. The van der Waals surface area contributed by atoms with Gasteiger partial charge in [0.2, 0.25) is 5.91 Å². The summed E-state index contributed by atoms with van der Waals surface area (Å²) in [5.74, 6) is -0.621. The molecule has 228 valence electrons. The second kappa shape index (κ2) is 13.8. The molecule has 4 aromatic rings. The maximum absolute atomic E-state index is 13.8. The molecule has 6 rings (SSSR count). The molecule has 8 nitrogen and oxygen atoms in total. The zero-order valence-electron chi connectivity index (χ0n) is 24.1. The van der Waals surface area contributed by atoms with Crippen molar-refractivity contribution in [3.8, 4) is 0 Å². The van der Waals surface area contributed by atoms with Crippen molar-refractivity contribution < 1.29 is 32.2 Å². The minimum Gasteiger partial charge on any atom is -0.374 e. The quantitative estimate of drug-likeness (QED) is 0.252. The van der Waals surface area contributed by atoms with E-state index in [9.17, 15) is 13.2 Å². The van der Waals surface area contributed by atoms with E-state index in [1.54, 1.807) is 18.2 Å². The molecule has 0 radical (unpaired) electrons. The predicted molar refractivity (Wildman–Crippen MR) is 164 cm³/mol. The smallest absolute Gasteiger partial charge is 0.241 e. The fourth-order valence-electron chi connectivity index (χ4n) is 5.80. The second-order valence-electron chi connectivity index (χ2n) is 11.0. The molecule has 1 amide bonds. The van der Waals surface area contributed by atoms with Crippen LogP contribution in [0.5, 0.6) is 0 Å². The fraction of sp³-hybridized carbons (Fsp3) is 0.286. The highest BCUT2D eigenvalue weighted by atomic mass is 32.2. The summed E-state index contributed by atoms with van der Waals surface area (Å²) in [5.41, 5.74) is 2.88. The molecule has 0 bridgehead atoms. The van der Waals surface area contributed by atoms with Crippen LogP contribution in [0.15, 0.2) is 126 Å². The summed E-state index contributed by atoms with van der Waals surface area (Å²) in [7, 11) is -4.08. The summed E-state index contributed by atoms with van der Waals surface area (Å²) in [6, 6.07) is 36.4. The zero-order valence-corrected chi connectivity index (χ0v) is 24.9. The average Bonchev–Trinajstić information content (AvgIpc) is 3.40. The van der Waals surface area contributed by atoms with Crippen molar-refractivity contribution in [3.05, 3.63) is 138 Å². The molecule has 9 heteroatoms. The van der Waals surface area contributed by atoms with Crippen LogP contribution < -0.4 is 5.32 Å². The summed E-state index contributed by atoms with van der Waals surface area (Å²) in [6.45, 7) is 0.948. The first-order valence-corrected chi connectivity index (χ1v) is 16.2. The Balaban J connectivity index is 1.32. The lowest BCUT2D eigenvalue weighted by Crippen LogP contribution is -2.63. The average molecular weight is 614 g/mol. The van der Waals surface area contributed by atoms with E-state index in [0.29, 0.717) is 6.61 Å². The van der Waals surface area contributed by atoms with Gasteiger partial charge in [0.15, 0.2) is 15.1 Å². The molecular weight excluding hydrogens is 578 g/mol. The molecule has 0 aliphatic carbocycles. The molecule has 4 aromatic carbocycles. The number of ether oxygens (including phenoxy) is 4. The van der Waals surface area contributed by atoms with Crippen LogP contribution in [-0.4, -0.2) is 56.6 Å². The Morgan fingerprint density at radius 3 is 1.66 bits per heavy atom. The van der Waals surface area contributed by atoms with E-state index in [1.807, 2.05) is 91.0 Å². The van der Waals surface area contributed by atoms with Crippen molar-refractivity contribution >= 4 is 15.7 Å². The van der Waals surface area contributed by atoms with Crippen LogP contribution in [0.4, 0.5) is 0 Å². The van der Waals surface area contributed by atoms with E-state index in [-0.39, 0.29) is 24.7 Å². The van der Waals surface area contributed by atoms with Gasteiger partial charge in [0.1, 0.15) is 24.4 Å². The first kappa shape index (κ1) is 30.2. The SMILES string of the molecule is O=C1N[C@@H]2[C@@H](OCc3ccccc3)[C@@H](OCc3ccccc3)[C@@H](COCc3ccccc3)O[C@H]2C1S(=O)(=O)c1ccccc1. The van der Waals surface area contributed by atoms with Crippen LogP contribution in [-0.2, 0) is 53.4 Å². The Kier molecular flexibility index (Phi) is 9.49. The highest BCUT2D eigenvalue weighted by Gasteiger charge is 2.59. The van der Waals surface area contributed by atoms with Gasteiger partial charge in [0.25, 0.3) is 0 Å². The lowest BCUT2D eigenvalue weighted by Gasteiger charge is -2.44. The number of carbonyl (C=O) groups is 1. The lowest BCUT2D eigenvalue weighted by atomic mass is 9.93. The first-order valence-electron chi connectivity index (χ1n) is 14.7. The van der Waals surface area contributed by atoms with Crippen molar-refractivity contribution in [3.63, 3.8) is 0 Å². The van der Waals surface area contributed by atoms with E-state index in [1.165, 1.54) is 12.1 Å². The van der Waals surface area contributed by atoms with Crippen molar-refractivity contribution in [1.82, 2.24) is 5.32 Å². The van der Waals surface area contributed by atoms with Crippen molar-refractivity contribution in [2.24, 2.45) is 0 Å². The van der Waals surface area contributed by atoms with Crippen molar-refractivity contribution in [2.75, 3.05) is 6.61 Å². The monoisotopic (exact) mass is 613 g/mol. The van der Waals surface area contributed by atoms with E-state index in [0.717, 1.165) is 16.7 Å². The number of fused-ring (bicyclic) bond motifs is 1. The number of sulfone groups is 1. The summed E-state index contributed by atoms with van der Waals surface area (Å²) >= 11 is 0. The molecule has 2 saturated heterocycles. The number of carbonyl (C=O) groups excluding carboxylic acids is 1. The molecule has 2 aliphatic rings. The molecular formula is C35H35NO7S. The molecule has 1 unspecified atom stereocenters. The van der Waals surface area contributed by atoms with Gasteiger partial charge < -0.3 is 24.3 Å². The minimum atomic E-state index is -4.08. The van der Waals surface area contributed by atoms with Crippen molar-refractivity contribution in [2.45, 2.75) is 60.4 Å². The third-order valence-corrected chi connectivity index (χ3v) is 10.0. The summed E-state index contributed by atoms with van der Waals surface area (Å²) in [5, 5.41) is 1.46. The number of benzene rings is 4. The Labute approximate surface area is 257 Å². The van der Waals surface area contributed by atoms with Gasteiger partial charge in [-0.2, -0.15) is 0 Å². The maximum Gasteiger partial charge on any atom is 0.241 e. The van der Waals surface area contributed by atoms with Gasteiger partial charge in [0.05, 0.1) is 37.4 Å². The van der Waals surface area contributed by atoms with E-state index in [2.05, 4.69) is 5.32 Å². The summed E-state index contributed by atoms with van der Waals surface area (Å²) < 4.78 is 53.4. The molecule has 1 N–H and O–H groups in total. The summed E-state index contributed by atoms with van der Waals surface area (Å²) in [4.78, 5) is 13.5. The Bertz CT molecular complexity index is 1600. The molecule has 2 fully saturated rings. The molecule has 0 saturated carbocycles. The first-order chi connectivity index (χ1) is 21.5. The highest BCUT2D eigenvalue weighted by Crippen LogP contribution is 2.36. The van der Waals surface area contributed by atoms with Gasteiger partial charge >= 0.3 is 0 Å². The number of rotatable bonds is 12. The van der Waals surface area contributed by atoms with Gasteiger partial charge in [-0.05, 0) is 28.8 Å². The molecule has 6 atom stereocenters. The van der Waals surface area contributed by atoms with Crippen LogP contribution in [0.1, 0.15) is 16.7 Å². The number of nitrogens with one attached hydrogen (secondary N) is 1. The largest absolute Gasteiger partial charge is 0.374 e. The Hall–Kier alpha value is -3.86. The lowest BCUT2D eigenvalue weighted by molar-refractivity contribution is -0.224. The van der Waals surface area contributed by atoms with E-state index < -0.39 is 51.5 Å². The van der Waals surface area contributed by atoms with Crippen LogP contribution in [0, 0.1) is 0 Å². The fourth-order valence-corrected chi connectivity index (χ4v) is 7.56. The third-order valence-electron chi connectivity index (χ3n) is 7.97. The number of amides is 1. The predicted octanol–water partition coefficient (Wildman–Crippen LogP) is 4.48. The van der Waals surface area contributed by atoms with Gasteiger partial charge in [-0.25, -0.2) is 8.42 Å². The molecule has 2 heterocycles. The Morgan fingerprint density at radius 2 is 1.11 bits per heavy atom. The highest BCUT2D eigenvalue weighted by molar-refractivity contribution is 7.93. The van der Waals surface area contributed by atoms with Crippen LogP contribution in [0.25, 0.3) is 0 Å². The van der Waals surface area contributed by atoms with Gasteiger partial charge in [-0.1, -0.05) is 109 Å². The third kappa shape index (κ3) is 6.77. The Morgan fingerprint density at radius 1 is 0.636 bits per heavy atom. The van der Waals surface area contributed by atoms with E-state index in [4.69, 9.17) is 18.9 Å². The van der Waals surface area contributed by atoms with Gasteiger partial charge in [-0.3, -0.25) is 4.79 Å². The van der Waals surface area contributed by atoms with E-state index >= 15 is 0 Å². The number of hydrogen-bond donors (Lipinski definition) is 1. The topological polar surface area (TPSA) is 100 Å². The molecule has 44 heavy (non-hydrogen) atoms. The zero-order chi connectivity index (χ0) is 30.4.